The van der Waals surface area contributed by atoms with Gasteiger partial charge in [-0.2, -0.15) is 5.10 Å². The highest BCUT2D eigenvalue weighted by Gasteiger charge is 2.16. The van der Waals surface area contributed by atoms with Crippen LogP contribution in [0.5, 0.6) is 0 Å². The normalized spacial score (nSPS) is 10.6. The molecule has 0 atom stereocenters. The van der Waals surface area contributed by atoms with E-state index in [-0.39, 0.29) is 17.5 Å². The summed E-state index contributed by atoms with van der Waals surface area (Å²) in [6, 6.07) is 4.49. The summed E-state index contributed by atoms with van der Waals surface area (Å²) >= 11 is 0. The molecular formula is C13H12N4O3S. The number of benzene rings is 1. The molecule has 1 aromatic carbocycles. The van der Waals surface area contributed by atoms with Gasteiger partial charge in [-0.25, -0.2) is 18.1 Å². The van der Waals surface area contributed by atoms with Gasteiger partial charge in [-0.15, -0.1) is 5.10 Å². The average molecular weight is 304 g/mol. The standard InChI is InChI=1S/C13H12N4O3S/c1-10-9-12(5-4-11(10)3-2-8-18)21(19,20)17-13-14-6-7-15-16-13/h4-7,9,18H,8H2,1H3,(H,14,16,17). The SMILES string of the molecule is Cc1cc(S(=O)(=O)Nc2nccnn2)ccc1C#CCO. The predicted molar refractivity (Wildman–Crippen MR) is 75.8 cm³/mol. The molecule has 0 amide bonds. The summed E-state index contributed by atoms with van der Waals surface area (Å²) in [5, 5.41) is 15.8. The van der Waals surface area contributed by atoms with Crippen LogP contribution in [0.1, 0.15) is 11.1 Å². The van der Waals surface area contributed by atoms with Gasteiger partial charge in [0, 0.05) is 5.56 Å². The number of aromatic nitrogens is 3. The fourth-order valence-electron chi connectivity index (χ4n) is 1.55. The van der Waals surface area contributed by atoms with E-state index in [1.165, 1.54) is 24.5 Å². The minimum absolute atomic E-state index is 0.0713. The molecular weight excluding hydrogens is 292 g/mol. The lowest BCUT2D eigenvalue weighted by atomic mass is 10.1. The molecule has 0 fully saturated rings. The molecule has 0 saturated heterocycles. The van der Waals surface area contributed by atoms with E-state index in [9.17, 15) is 8.42 Å². The lowest BCUT2D eigenvalue weighted by Crippen LogP contribution is -2.15. The van der Waals surface area contributed by atoms with Crippen LogP contribution in [-0.2, 0) is 10.0 Å². The monoisotopic (exact) mass is 304 g/mol. The third-order valence-corrected chi connectivity index (χ3v) is 3.84. The number of aliphatic hydroxyl groups is 1. The molecule has 0 spiro atoms. The number of hydrogen-bond acceptors (Lipinski definition) is 6. The Hall–Kier alpha value is -2.50. The van der Waals surface area contributed by atoms with Crippen molar-refractivity contribution in [2.24, 2.45) is 0 Å². The zero-order valence-electron chi connectivity index (χ0n) is 11.1. The Balaban J connectivity index is 2.31. The van der Waals surface area contributed by atoms with Gasteiger partial charge >= 0.3 is 0 Å². The van der Waals surface area contributed by atoms with E-state index in [0.717, 1.165) is 0 Å². The molecule has 108 valence electrons. The summed E-state index contributed by atoms with van der Waals surface area (Å²) < 4.78 is 26.6. The molecule has 0 unspecified atom stereocenters. The zero-order valence-corrected chi connectivity index (χ0v) is 11.9. The van der Waals surface area contributed by atoms with Crippen molar-refractivity contribution in [2.45, 2.75) is 11.8 Å². The van der Waals surface area contributed by atoms with E-state index in [0.29, 0.717) is 11.1 Å². The summed E-state index contributed by atoms with van der Waals surface area (Å²) in [6.07, 6.45) is 2.68. The van der Waals surface area contributed by atoms with E-state index >= 15 is 0 Å². The first-order chi connectivity index (χ1) is 10.0. The Morgan fingerprint density at radius 1 is 1.33 bits per heavy atom. The molecule has 0 radical (unpaired) electrons. The molecule has 0 aliphatic heterocycles. The van der Waals surface area contributed by atoms with Crippen LogP contribution in [0, 0.1) is 18.8 Å². The average Bonchev–Trinajstić information content (AvgIpc) is 2.46. The van der Waals surface area contributed by atoms with Crippen LogP contribution in [-0.4, -0.2) is 35.3 Å². The van der Waals surface area contributed by atoms with Gasteiger partial charge in [-0.3, -0.25) is 0 Å². The topological polar surface area (TPSA) is 105 Å². The number of aliphatic hydroxyl groups excluding tert-OH is 1. The van der Waals surface area contributed by atoms with Crippen LogP contribution in [0.3, 0.4) is 0 Å². The summed E-state index contributed by atoms with van der Waals surface area (Å²) in [5.74, 6) is 5.16. The van der Waals surface area contributed by atoms with Gasteiger partial charge in [0.1, 0.15) is 6.61 Å². The first-order valence-electron chi connectivity index (χ1n) is 5.90. The molecule has 1 heterocycles. The molecule has 0 saturated carbocycles. The lowest BCUT2D eigenvalue weighted by Gasteiger charge is -2.07. The van der Waals surface area contributed by atoms with Crippen LogP contribution >= 0.6 is 0 Å². The molecule has 7 nitrogen and oxygen atoms in total. The minimum Gasteiger partial charge on any atom is -0.384 e. The van der Waals surface area contributed by atoms with Crippen molar-refractivity contribution in [3.63, 3.8) is 0 Å². The maximum absolute atomic E-state index is 12.2. The summed E-state index contributed by atoms with van der Waals surface area (Å²) in [6.45, 7) is 1.49. The van der Waals surface area contributed by atoms with Crippen LogP contribution in [0.25, 0.3) is 0 Å². The van der Waals surface area contributed by atoms with Gasteiger partial charge in [0.25, 0.3) is 16.0 Å². The Bertz CT molecular complexity index is 795. The summed E-state index contributed by atoms with van der Waals surface area (Å²) in [5.41, 5.74) is 1.34. The van der Waals surface area contributed by atoms with Crippen molar-refractivity contribution in [1.29, 1.82) is 0 Å². The molecule has 0 bridgehead atoms. The van der Waals surface area contributed by atoms with Gasteiger partial charge in [0.15, 0.2) is 0 Å². The largest absolute Gasteiger partial charge is 0.384 e. The molecule has 0 aliphatic carbocycles. The van der Waals surface area contributed by atoms with Crippen molar-refractivity contribution in [3.05, 3.63) is 41.7 Å². The van der Waals surface area contributed by atoms with Gasteiger partial charge in [-0.1, -0.05) is 11.8 Å². The second kappa shape index (κ2) is 6.30. The minimum atomic E-state index is -3.79. The van der Waals surface area contributed by atoms with Crippen molar-refractivity contribution < 1.29 is 13.5 Å². The third kappa shape index (κ3) is 3.75. The van der Waals surface area contributed by atoms with Crippen molar-refractivity contribution in [3.8, 4) is 11.8 Å². The highest BCUT2D eigenvalue weighted by Crippen LogP contribution is 2.16. The Morgan fingerprint density at radius 3 is 2.76 bits per heavy atom. The van der Waals surface area contributed by atoms with Gasteiger partial charge in [-0.05, 0) is 30.7 Å². The molecule has 2 aromatic rings. The van der Waals surface area contributed by atoms with E-state index in [1.807, 2.05) is 0 Å². The Kier molecular flexibility index (Phi) is 4.47. The highest BCUT2D eigenvalue weighted by molar-refractivity contribution is 7.92. The van der Waals surface area contributed by atoms with E-state index in [2.05, 4.69) is 31.7 Å². The van der Waals surface area contributed by atoms with Crippen molar-refractivity contribution in [2.75, 3.05) is 11.3 Å². The second-order valence-electron chi connectivity index (χ2n) is 4.01. The molecule has 0 aliphatic rings. The quantitative estimate of drug-likeness (QED) is 0.791. The van der Waals surface area contributed by atoms with E-state index in [1.54, 1.807) is 13.0 Å². The first kappa shape index (κ1) is 14.9. The smallest absolute Gasteiger partial charge is 0.264 e. The maximum atomic E-state index is 12.2. The lowest BCUT2D eigenvalue weighted by molar-refractivity contribution is 0.350. The summed E-state index contributed by atoms with van der Waals surface area (Å²) in [7, 11) is -3.79. The molecule has 2 N–H and O–H groups in total. The zero-order chi connectivity index (χ0) is 15.3. The van der Waals surface area contributed by atoms with Crippen molar-refractivity contribution in [1.82, 2.24) is 15.2 Å². The number of aryl methyl sites for hydroxylation is 1. The van der Waals surface area contributed by atoms with Crippen LogP contribution in [0.2, 0.25) is 0 Å². The molecule has 2 rings (SSSR count). The second-order valence-corrected chi connectivity index (χ2v) is 5.69. The summed E-state index contributed by atoms with van der Waals surface area (Å²) in [4.78, 5) is 3.83. The van der Waals surface area contributed by atoms with Gasteiger partial charge in [0.2, 0.25) is 0 Å². The molecule has 1 aromatic heterocycles. The number of anilines is 1. The fraction of sp³-hybridized carbons (Fsp3) is 0.154. The first-order valence-corrected chi connectivity index (χ1v) is 7.38. The maximum Gasteiger partial charge on any atom is 0.264 e. The van der Waals surface area contributed by atoms with Crippen LogP contribution < -0.4 is 4.72 Å². The fourth-order valence-corrected chi connectivity index (χ4v) is 2.58. The van der Waals surface area contributed by atoms with Crippen molar-refractivity contribution >= 4 is 16.0 Å². The van der Waals surface area contributed by atoms with Crippen LogP contribution in [0.15, 0.2) is 35.5 Å². The highest BCUT2D eigenvalue weighted by atomic mass is 32.2. The Labute approximate surface area is 122 Å². The molecule has 21 heavy (non-hydrogen) atoms. The predicted octanol–water partition coefficient (Wildman–Crippen LogP) is 0.325. The van der Waals surface area contributed by atoms with E-state index < -0.39 is 10.0 Å². The number of sulfonamides is 1. The number of nitrogens with zero attached hydrogens (tertiary/aromatic N) is 3. The number of nitrogens with one attached hydrogen (secondary N) is 1. The Morgan fingerprint density at radius 2 is 2.14 bits per heavy atom. The molecule has 8 heteroatoms. The third-order valence-electron chi connectivity index (χ3n) is 2.52. The number of rotatable bonds is 3. The number of hydrogen-bond donors (Lipinski definition) is 2. The van der Waals surface area contributed by atoms with E-state index in [4.69, 9.17) is 5.11 Å². The van der Waals surface area contributed by atoms with Gasteiger partial charge < -0.3 is 5.11 Å². The van der Waals surface area contributed by atoms with Gasteiger partial charge in [0.05, 0.1) is 17.3 Å². The van der Waals surface area contributed by atoms with Crippen LogP contribution in [0.4, 0.5) is 5.95 Å².